The van der Waals surface area contributed by atoms with Crippen LogP contribution in [0.2, 0.25) is 0 Å². The first-order valence-corrected chi connectivity index (χ1v) is 9.69. The Balaban J connectivity index is 1.43. The minimum absolute atomic E-state index is 0.120. The molecule has 2 nitrogen and oxygen atoms in total. The molecule has 28 heavy (non-hydrogen) atoms. The average Bonchev–Trinajstić information content (AvgIpc) is 2.69. The van der Waals surface area contributed by atoms with Crippen molar-refractivity contribution in [2.45, 2.75) is 31.7 Å². The Morgan fingerprint density at radius 3 is 2.68 bits per heavy atom. The first kappa shape index (κ1) is 18.9. The number of benzene rings is 2. The van der Waals surface area contributed by atoms with Gasteiger partial charge in [0, 0.05) is 37.4 Å². The van der Waals surface area contributed by atoms with Gasteiger partial charge >= 0.3 is 0 Å². The molecule has 0 radical (unpaired) electrons. The number of nitrogens with zero attached hydrogens (tertiary/aromatic N) is 2. The highest BCUT2D eigenvalue weighted by molar-refractivity contribution is 5.78. The first-order chi connectivity index (χ1) is 13.5. The number of rotatable bonds is 5. The lowest BCUT2D eigenvalue weighted by atomic mass is 9.88. The van der Waals surface area contributed by atoms with Crippen LogP contribution in [0.15, 0.2) is 60.7 Å². The number of hydrogen-bond acceptors (Lipinski definition) is 2. The fourth-order valence-corrected chi connectivity index (χ4v) is 3.94. The van der Waals surface area contributed by atoms with Crippen LogP contribution in [0.25, 0.3) is 10.9 Å². The molecular weight excluding hydrogens is 361 g/mol. The summed E-state index contributed by atoms with van der Waals surface area (Å²) in [5.41, 5.74) is 2.65. The van der Waals surface area contributed by atoms with Gasteiger partial charge in [-0.2, -0.15) is 0 Å². The highest BCUT2D eigenvalue weighted by atomic mass is 19.3. The van der Waals surface area contributed by atoms with Crippen LogP contribution in [0.3, 0.4) is 0 Å². The summed E-state index contributed by atoms with van der Waals surface area (Å²) in [4.78, 5) is 6.63. The standard InChI is InChI=1S/C23H23F3N2/c24-20-9-11-22-18(14-20)7-10-21(27-22)16-28-13-12-23(25,26)19(15-28)8-6-17-4-2-1-3-5-17/h1-5,7,9-11,14,19H,6,8,12-13,15-16H2. The molecule has 1 atom stereocenters. The fourth-order valence-electron chi connectivity index (χ4n) is 3.94. The third kappa shape index (κ3) is 4.36. The molecule has 1 unspecified atom stereocenters. The molecule has 2 heterocycles. The van der Waals surface area contributed by atoms with E-state index in [1.165, 1.54) is 12.1 Å². The zero-order chi connectivity index (χ0) is 19.6. The number of pyridine rings is 1. The summed E-state index contributed by atoms with van der Waals surface area (Å²) in [6.45, 7) is 1.26. The molecule has 1 aliphatic rings. The molecule has 1 aromatic heterocycles. The Morgan fingerprint density at radius 2 is 1.86 bits per heavy atom. The largest absolute Gasteiger partial charge is 0.297 e. The summed E-state index contributed by atoms with van der Waals surface area (Å²) in [5, 5.41) is 0.745. The van der Waals surface area contributed by atoms with Crippen molar-refractivity contribution in [3.63, 3.8) is 0 Å². The third-order valence-corrected chi connectivity index (χ3v) is 5.56. The molecular formula is C23H23F3N2. The van der Waals surface area contributed by atoms with Crippen LogP contribution in [0.1, 0.15) is 24.1 Å². The van der Waals surface area contributed by atoms with E-state index in [2.05, 4.69) is 9.88 Å². The predicted octanol–water partition coefficient (Wildman–Crippen LogP) is 5.46. The normalized spacial score (nSPS) is 19.8. The van der Waals surface area contributed by atoms with Crippen molar-refractivity contribution in [1.29, 1.82) is 0 Å². The van der Waals surface area contributed by atoms with Gasteiger partial charge < -0.3 is 0 Å². The Kier molecular flexibility index (Phi) is 5.36. The third-order valence-electron chi connectivity index (χ3n) is 5.56. The molecule has 4 rings (SSSR count). The van der Waals surface area contributed by atoms with Gasteiger partial charge in [0.1, 0.15) is 5.82 Å². The quantitative estimate of drug-likeness (QED) is 0.580. The zero-order valence-corrected chi connectivity index (χ0v) is 15.6. The number of alkyl halides is 2. The van der Waals surface area contributed by atoms with Gasteiger partial charge in [0.25, 0.3) is 5.92 Å². The van der Waals surface area contributed by atoms with Crippen LogP contribution in [0.4, 0.5) is 13.2 Å². The van der Waals surface area contributed by atoms with Crippen molar-refractivity contribution in [3.8, 4) is 0 Å². The SMILES string of the molecule is Fc1ccc2nc(CN3CCC(F)(F)C(CCc4ccccc4)C3)ccc2c1. The monoisotopic (exact) mass is 384 g/mol. The van der Waals surface area contributed by atoms with Gasteiger partial charge in [0.2, 0.25) is 0 Å². The van der Waals surface area contributed by atoms with E-state index in [0.29, 0.717) is 32.5 Å². The van der Waals surface area contributed by atoms with Crippen molar-refractivity contribution in [3.05, 3.63) is 77.7 Å². The lowest BCUT2D eigenvalue weighted by molar-refractivity contribution is -0.109. The maximum Gasteiger partial charge on any atom is 0.253 e. The second kappa shape index (κ2) is 7.92. The highest BCUT2D eigenvalue weighted by Crippen LogP contribution is 2.36. The number of halogens is 3. The molecule has 5 heteroatoms. The number of likely N-dealkylation sites (tertiary alicyclic amines) is 1. The van der Waals surface area contributed by atoms with Gasteiger partial charge in [-0.05, 0) is 42.7 Å². The van der Waals surface area contributed by atoms with Crippen LogP contribution in [0, 0.1) is 11.7 Å². The summed E-state index contributed by atoms with van der Waals surface area (Å²) in [5.74, 6) is -3.57. The molecule has 0 aliphatic carbocycles. The summed E-state index contributed by atoms with van der Waals surface area (Å²) >= 11 is 0. The lowest BCUT2D eigenvalue weighted by Gasteiger charge is -2.38. The van der Waals surface area contributed by atoms with Gasteiger partial charge in [0.15, 0.2) is 0 Å². The minimum Gasteiger partial charge on any atom is -0.297 e. The van der Waals surface area contributed by atoms with E-state index in [-0.39, 0.29) is 12.2 Å². The molecule has 0 N–H and O–H groups in total. The van der Waals surface area contributed by atoms with Crippen molar-refractivity contribution in [2.24, 2.45) is 5.92 Å². The number of fused-ring (bicyclic) bond motifs is 1. The summed E-state index contributed by atoms with van der Waals surface area (Å²) in [7, 11) is 0. The Hall–Kier alpha value is -2.40. The second-order valence-corrected chi connectivity index (χ2v) is 7.61. The number of aromatic nitrogens is 1. The van der Waals surface area contributed by atoms with E-state index in [0.717, 1.165) is 22.2 Å². The summed E-state index contributed by atoms with van der Waals surface area (Å²) < 4.78 is 42.2. The Labute approximate surface area is 163 Å². The molecule has 146 valence electrons. The van der Waals surface area contributed by atoms with Gasteiger partial charge in [0.05, 0.1) is 11.2 Å². The van der Waals surface area contributed by atoms with Crippen molar-refractivity contribution < 1.29 is 13.2 Å². The molecule has 1 saturated heterocycles. The highest BCUT2D eigenvalue weighted by Gasteiger charge is 2.43. The Morgan fingerprint density at radius 1 is 1.04 bits per heavy atom. The lowest BCUT2D eigenvalue weighted by Crippen LogP contribution is -2.46. The van der Waals surface area contributed by atoms with Crippen LogP contribution in [-0.4, -0.2) is 28.9 Å². The van der Waals surface area contributed by atoms with E-state index in [4.69, 9.17) is 0 Å². The predicted molar refractivity (Wildman–Crippen MR) is 105 cm³/mol. The van der Waals surface area contributed by atoms with Crippen molar-refractivity contribution in [1.82, 2.24) is 9.88 Å². The van der Waals surface area contributed by atoms with Crippen LogP contribution in [-0.2, 0) is 13.0 Å². The molecule has 0 spiro atoms. The van der Waals surface area contributed by atoms with Gasteiger partial charge in [-0.15, -0.1) is 0 Å². The smallest absolute Gasteiger partial charge is 0.253 e. The molecule has 0 bridgehead atoms. The van der Waals surface area contributed by atoms with Gasteiger partial charge in [-0.3, -0.25) is 9.88 Å². The second-order valence-electron chi connectivity index (χ2n) is 7.61. The van der Waals surface area contributed by atoms with E-state index < -0.39 is 11.8 Å². The van der Waals surface area contributed by atoms with E-state index in [1.54, 1.807) is 6.07 Å². The van der Waals surface area contributed by atoms with Gasteiger partial charge in [-0.25, -0.2) is 13.2 Å². The van der Waals surface area contributed by atoms with Crippen molar-refractivity contribution in [2.75, 3.05) is 13.1 Å². The minimum atomic E-state index is -2.63. The number of hydrogen-bond donors (Lipinski definition) is 0. The van der Waals surface area contributed by atoms with Crippen LogP contribution in [0.5, 0.6) is 0 Å². The van der Waals surface area contributed by atoms with Crippen LogP contribution >= 0.6 is 0 Å². The van der Waals surface area contributed by atoms with E-state index >= 15 is 0 Å². The maximum absolute atomic E-state index is 14.5. The van der Waals surface area contributed by atoms with E-state index in [1.807, 2.05) is 42.5 Å². The summed E-state index contributed by atoms with van der Waals surface area (Å²) in [6.07, 6.45) is 1.01. The molecule has 0 amide bonds. The van der Waals surface area contributed by atoms with Gasteiger partial charge in [-0.1, -0.05) is 36.4 Å². The van der Waals surface area contributed by atoms with E-state index in [9.17, 15) is 13.2 Å². The van der Waals surface area contributed by atoms with Crippen LogP contribution < -0.4 is 0 Å². The topological polar surface area (TPSA) is 16.1 Å². The molecule has 1 aliphatic heterocycles. The van der Waals surface area contributed by atoms with Crippen molar-refractivity contribution >= 4 is 10.9 Å². The molecule has 1 fully saturated rings. The maximum atomic E-state index is 14.5. The number of piperidine rings is 1. The average molecular weight is 384 g/mol. The summed E-state index contributed by atoms with van der Waals surface area (Å²) in [6, 6.07) is 18.0. The molecule has 2 aromatic carbocycles. The fraction of sp³-hybridized carbons (Fsp3) is 0.348. The first-order valence-electron chi connectivity index (χ1n) is 9.69. The molecule has 3 aromatic rings. The number of aryl methyl sites for hydroxylation is 1. The Bertz CT molecular complexity index is 943. The zero-order valence-electron chi connectivity index (χ0n) is 15.6. The molecule has 0 saturated carbocycles.